The first-order valence-corrected chi connectivity index (χ1v) is 16.8. The van der Waals surface area contributed by atoms with E-state index in [2.05, 4.69) is 20.4 Å². The quantitative estimate of drug-likeness (QED) is 0.362. The van der Waals surface area contributed by atoms with Gasteiger partial charge in [-0.25, -0.2) is 14.6 Å². The van der Waals surface area contributed by atoms with Crippen molar-refractivity contribution in [3.05, 3.63) is 78.1 Å². The Kier molecular flexibility index (Phi) is 14.0. The first-order valence-electron chi connectivity index (χ1n) is 16.8. The maximum Gasteiger partial charge on any atom is 0.573 e. The van der Waals surface area contributed by atoms with E-state index in [1.165, 1.54) is 35.3 Å². The molecule has 3 N–H and O–H groups in total. The number of carbonyl (C=O) groups excluding carboxylic acids is 5. The smallest absolute Gasteiger partial charge is 0.460 e. The molecule has 286 valence electrons. The number of aliphatic hydroxyl groups is 1. The van der Waals surface area contributed by atoms with E-state index in [0.717, 1.165) is 18.4 Å². The summed E-state index contributed by atoms with van der Waals surface area (Å²) >= 11 is 0. The molecule has 2 aliphatic heterocycles. The molecule has 53 heavy (non-hydrogen) atoms. The molecule has 3 heterocycles. The lowest BCUT2D eigenvalue weighted by molar-refractivity contribution is -0.274. The molecule has 0 spiro atoms. The molecule has 3 amide bonds. The van der Waals surface area contributed by atoms with Gasteiger partial charge in [-0.2, -0.15) is 0 Å². The number of aliphatic hydroxyl groups excluding tert-OH is 1. The van der Waals surface area contributed by atoms with E-state index in [1.54, 1.807) is 32.9 Å². The Balaban J connectivity index is 1.50. The lowest BCUT2D eigenvalue weighted by Gasteiger charge is -2.30. The molecule has 0 saturated carbocycles. The standard InChI is InChI=1S/C36H41F3N4O10/c1-21-6-4-14-40-30(46)13-8-22(2)32(23(3)19-51-35(49)41-24-9-11-27(12-10-24)53-36(37,38)39)52-34(48)29-7-5-15-43(29)33(47)28-20-50-31(42-28)18-26(45)17-25(44)16-21/h4,6,8-13,16,20,22-23,25,29,32,44H,5,7,14-15,17-19H2,1-3H3,(H,40,46)(H,41,49)/b6-4-,13-8-,21-16-/t22-,23-,25-,29-,32+/m1/s1. The molecule has 0 aliphatic carbocycles. The topological polar surface area (TPSA) is 187 Å². The van der Waals surface area contributed by atoms with Crippen molar-refractivity contribution in [2.24, 2.45) is 11.8 Å². The number of ketones is 1. The summed E-state index contributed by atoms with van der Waals surface area (Å²) in [5.41, 5.74) is 0.668. The van der Waals surface area contributed by atoms with Gasteiger partial charge in [0.1, 0.15) is 29.9 Å². The minimum absolute atomic E-state index is 0.0235. The lowest BCUT2D eigenvalue weighted by Crippen LogP contribution is -2.44. The van der Waals surface area contributed by atoms with Gasteiger partial charge in [0.25, 0.3) is 5.91 Å². The van der Waals surface area contributed by atoms with Gasteiger partial charge in [0.15, 0.2) is 5.69 Å². The summed E-state index contributed by atoms with van der Waals surface area (Å²) in [5, 5.41) is 15.4. The van der Waals surface area contributed by atoms with Gasteiger partial charge < -0.3 is 34.0 Å². The van der Waals surface area contributed by atoms with E-state index >= 15 is 0 Å². The van der Waals surface area contributed by atoms with Gasteiger partial charge in [-0.3, -0.25) is 19.7 Å². The van der Waals surface area contributed by atoms with Crippen molar-refractivity contribution in [2.45, 2.75) is 71.1 Å². The van der Waals surface area contributed by atoms with Crippen LogP contribution in [0.3, 0.4) is 0 Å². The molecule has 1 aromatic carbocycles. The third kappa shape index (κ3) is 12.6. The van der Waals surface area contributed by atoms with Gasteiger partial charge in [-0.05, 0) is 50.1 Å². The number of rotatable bonds is 5. The van der Waals surface area contributed by atoms with E-state index in [9.17, 15) is 42.3 Å². The predicted molar refractivity (Wildman–Crippen MR) is 181 cm³/mol. The van der Waals surface area contributed by atoms with Crippen LogP contribution >= 0.6 is 0 Å². The summed E-state index contributed by atoms with van der Waals surface area (Å²) in [6.07, 6.45) is 1.15. The number of hydrogen-bond donors (Lipinski definition) is 3. The molecule has 14 nitrogen and oxygen atoms in total. The second-order valence-corrected chi connectivity index (χ2v) is 12.7. The molecule has 2 aromatic rings. The molecule has 1 fully saturated rings. The zero-order chi connectivity index (χ0) is 38.7. The highest BCUT2D eigenvalue weighted by atomic mass is 19.4. The molecule has 5 atom stereocenters. The van der Waals surface area contributed by atoms with Crippen LogP contribution in [0.4, 0.5) is 23.7 Å². The second kappa shape index (κ2) is 18.3. The van der Waals surface area contributed by atoms with Crippen LogP contribution in [0, 0.1) is 11.8 Å². The zero-order valence-electron chi connectivity index (χ0n) is 29.3. The number of anilines is 1. The van der Waals surface area contributed by atoms with E-state index in [1.807, 2.05) is 0 Å². The number of halogens is 3. The number of nitrogens with zero attached hydrogens (tertiary/aromatic N) is 2. The minimum atomic E-state index is -4.87. The highest BCUT2D eigenvalue weighted by molar-refractivity contribution is 5.95. The van der Waals surface area contributed by atoms with Crippen molar-refractivity contribution < 1.29 is 60.9 Å². The predicted octanol–water partition coefficient (Wildman–Crippen LogP) is 4.66. The molecular formula is C36H41F3N4O10. The maximum absolute atomic E-state index is 13.7. The van der Waals surface area contributed by atoms with Crippen molar-refractivity contribution in [1.82, 2.24) is 15.2 Å². The average molecular weight is 747 g/mol. The van der Waals surface area contributed by atoms with Crippen molar-refractivity contribution >= 4 is 35.3 Å². The SMILES string of the molecule is CC1=C/[C@@H](O)CC(=O)Cc2nc(co2)C(=O)N2CCC[C@@H]2C(=O)O[C@H]([C@H](C)COC(=O)Nc2ccc(OC(F)(F)F)cc2)[C@H](C)/C=C\C(=O)NC/C=C\1. The molecule has 17 heteroatoms. The molecular weight excluding hydrogens is 705 g/mol. The third-order valence-corrected chi connectivity index (χ3v) is 8.27. The summed E-state index contributed by atoms with van der Waals surface area (Å²) in [6, 6.07) is 3.42. The molecule has 4 rings (SSSR count). The van der Waals surface area contributed by atoms with Crippen molar-refractivity contribution in [1.29, 1.82) is 0 Å². The third-order valence-electron chi connectivity index (χ3n) is 8.27. The number of allylic oxidation sites excluding steroid dienone is 2. The van der Waals surface area contributed by atoms with Gasteiger partial charge in [0, 0.05) is 37.0 Å². The maximum atomic E-state index is 13.7. The van der Waals surface area contributed by atoms with Gasteiger partial charge in [-0.1, -0.05) is 43.7 Å². The Morgan fingerprint density at radius 2 is 1.91 bits per heavy atom. The number of esters is 1. The molecule has 2 aliphatic rings. The fourth-order valence-corrected chi connectivity index (χ4v) is 5.75. The number of oxazole rings is 1. The number of cyclic esters (lactones) is 1. The van der Waals surface area contributed by atoms with Gasteiger partial charge in [0.2, 0.25) is 11.8 Å². The average Bonchev–Trinajstić information content (AvgIpc) is 3.77. The van der Waals surface area contributed by atoms with Crippen LogP contribution in [0.25, 0.3) is 0 Å². The fourth-order valence-electron chi connectivity index (χ4n) is 5.75. The first kappa shape index (κ1) is 40.3. The number of fused-ring (bicyclic) bond motifs is 3. The normalized spacial score (nSPS) is 25.2. The second-order valence-electron chi connectivity index (χ2n) is 12.7. The number of Topliss-reactive ketones (excluding diaryl/α,β-unsaturated/α-hetero) is 1. The molecule has 2 bridgehead atoms. The van der Waals surface area contributed by atoms with Crippen molar-refractivity contribution in [2.75, 3.05) is 25.0 Å². The van der Waals surface area contributed by atoms with Gasteiger partial charge in [0.05, 0.1) is 19.1 Å². The number of hydrogen-bond acceptors (Lipinski definition) is 11. The number of nitrogens with one attached hydrogen (secondary N) is 2. The Hall–Kier alpha value is -5.45. The minimum Gasteiger partial charge on any atom is -0.460 e. The summed E-state index contributed by atoms with van der Waals surface area (Å²) in [7, 11) is 0. The largest absolute Gasteiger partial charge is 0.573 e. The van der Waals surface area contributed by atoms with Crippen LogP contribution in [0.15, 0.2) is 70.9 Å². The molecule has 0 radical (unpaired) electrons. The number of alkyl halides is 3. The van der Waals surface area contributed by atoms with E-state index in [-0.39, 0.29) is 62.0 Å². The van der Waals surface area contributed by atoms with Crippen LogP contribution in [-0.4, -0.2) is 89.0 Å². The van der Waals surface area contributed by atoms with Crippen molar-refractivity contribution in [3.8, 4) is 5.75 Å². The molecule has 1 saturated heterocycles. The Bertz CT molecular complexity index is 1720. The Morgan fingerprint density at radius 3 is 2.62 bits per heavy atom. The van der Waals surface area contributed by atoms with Crippen LogP contribution in [0.1, 0.15) is 56.4 Å². The van der Waals surface area contributed by atoms with Crippen molar-refractivity contribution in [3.63, 3.8) is 0 Å². The lowest BCUT2D eigenvalue weighted by atomic mass is 9.93. The number of amides is 3. The van der Waals surface area contributed by atoms with E-state index < -0.39 is 66.1 Å². The van der Waals surface area contributed by atoms with E-state index in [4.69, 9.17) is 13.9 Å². The van der Waals surface area contributed by atoms with Gasteiger partial charge >= 0.3 is 18.4 Å². The fraction of sp³-hybridized carbons (Fsp3) is 0.444. The highest BCUT2D eigenvalue weighted by Crippen LogP contribution is 2.27. The number of carbonyl (C=O) groups is 5. The number of aromatic nitrogens is 1. The number of benzene rings is 1. The summed E-state index contributed by atoms with van der Waals surface area (Å²) in [4.78, 5) is 70.3. The summed E-state index contributed by atoms with van der Waals surface area (Å²) in [6.45, 7) is 5.15. The van der Waals surface area contributed by atoms with Gasteiger partial charge in [-0.15, -0.1) is 13.2 Å². The van der Waals surface area contributed by atoms with E-state index in [0.29, 0.717) is 12.0 Å². The van der Waals surface area contributed by atoms with Crippen LogP contribution in [0.5, 0.6) is 5.75 Å². The first-order chi connectivity index (χ1) is 25.1. The highest BCUT2D eigenvalue weighted by Gasteiger charge is 2.39. The zero-order valence-corrected chi connectivity index (χ0v) is 29.3. The Morgan fingerprint density at radius 1 is 1.17 bits per heavy atom. The summed E-state index contributed by atoms with van der Waals surface area (Å²) in [5.74, 6) is -3.93. The number of ether oxygens (including phenoxy) is 3. The molecule has 0 unspecified atom stereocenters. The van der Waals surface area contributed by atoms with Crippen LogP contribution in [0.2, 0.25) is 0 Å². The Labute approximate surface area is 303 Å². The van der Waals surface area contributed by atoms with Crippen LogP contribution in [-0.2, 0) is 30.3 Å². The van der Waals surface area contributed by atoms with Crippen LogP contribution < -0.4 is 15.4 Å². The molecule has 1 aromatic heterocycles. The summed E-state index contributed by atoms with van der Waals surface area (Å²) < 4.78 is 57.9. The monoisotopic (exact) mass is 746 g/mol.